The van der Waals surface area contributed by atoms with Crippen molar-refractivity contribution in [3.8, 4) is 5.75 Å². The van der Waals surface area contributed by atoms with Crippen molar-refractivity contribution >= 4 is 17.5 Å². The molecule has 6 nitrogen and oxygen atoms in total. The van der Waals surface area contributed by atoms with E-state index in [9.17, 15) is 9.59 Å². The lowest BCUT2D eigenvalue weighted by atomic mass is 10.0. The van der Waals surface area contributed by atoms with Crippen molar-refractivity contribution in [3.63, 3.8) is 0 Å². The third kappa shape index (κ3) is 5.21. The number of aryl methyl sites for hydroxylation is 1. The molecule has 1 unspecified atom stereocenters. The summed E-state index contributed by atoms with van der Waals surface area (Å²) in [5, 5.41) is 2.86. The molecule has 1 fully saturated rings. The van der Waals surface area contributed by atoms with Gasteiger partial charge < -0.3 is 19.7 Å². The topological polar surface area (TPSA) is 67.9 Å². The molecule has 0 aliphatic carbocycles. The van der Waals surface area contributed by atoms with E-state index in [4.69, 9.17) is 9.47 Å². The largest absolute Gasteiger partial charge is 0.494 e. The Hall–Kier alpha value is -2.08. The Morgan fingerprint density at radius 2 is 2.23 bits per heavy atom. The summed E-state index contributed by atoms with van der Waals surface area (Å²) in [6.07, 6.45) is 5.95. The number of anilines is 1. The predicted molar refractivity (Wildman–Crippen MR) is 99.3 cm³/mol. The van der Waals surface area contributed by atoms with Gasteiger partial charge in [0.25, 0.3) is 0 Å². The highest BCUT2D eigenvalue weighted by Crippen LogP contribution is 2.26. The van der Waals surface area contributed by atoms with Crippen molar-refractivity contribution in [1.82, 2.24) is 4.90 Å². The Kier molecular flexibility index (Phi) is 6.50. The number of nitrogens with one attached hydrogen (secondary N) is 1. The molecule has 0 bridgehead atoms. The van der Waals surface area contributed by atoms with Crippen LogP contribution in [0.3, 0.4) is 0 Å². The second-order valence-electron chi connectivity index (χ2n) is 7.08. The van der Waals surface area contributed by atoms with Crippen LogP contribution < -0.4 is 10.1 Å². The lowest BCUT2D eigenvalue weighted by molar-refractivity contribution is -0.132. The number of nitrogens with zero attached hydrogens (tertiary/aromatic N) is 1. The Morgan fingerprint density at radius 1 is 1.35 bits per heavy atom. The zero-order chi connectivity index (χ0) is 18.4. The van der Waals surface area contributed by atoms with Gasteiger partial charge in [-0.1, -0.05) is 0 Å². The molecule has 2 aliphatic heterocycles. The summed E-state index contributed by atoms with van der Waals surface area (Å²) in [4.78, 5) is 25.4. The summed E-state index contributed by atoms with van der Waals surface area (Å²) in [6.45, 7) is 1.99. The molecule has 0 saturated carbocycles. The monoisotopic (exact) mass is 360 g/mol. The van der Waals surface area contributed by atoms with Crippen LogP contribution >= 0.6 is 0 Å². The van der Waals surface area contributed by atoms with Gasteiger partial charge in [-0.2, -0.15) is 0 Å². The summed E-state index contributed by atoms with van der Waals surface area (Å²) < 4.78 is 11.5. The molecule has 1 atom stereocenters. The first-order valence-corrected chi connectivity index (χ1v) is 9.53. The van der Waals surface area contributed by atoms with Crippen LogP contribution in [0.2, 0.25) is 0 Å². The third-order valence-corrected chi connectivity index (χ3v) is 4.95. The van der Waals surface area contributed by atoms with Gasteiger partial charge >= 0.3 is 0 Å². The maximum Gasteiger partial charge on any atom is 0.224 e. The van der Waals surface area contributed by atoms with E-state index in [1.807, 2.05) is 25.2 Å². The average molecular weight is 360 g/mol. The highest BCUT2D eigenvalue weighted by Gasteiger charge is 2.19. The fraction of sp³-hybridized carbons (Fsp3) is 0.600. The highest BCUT2D eigenvalue weighted by atomic mass is 16.5. The van der Waals surface area contributed by atoms with Crippen LogP contribution in [0.25, 0.3) is 0 Å². The van der Waals surface area contributed by atoms with Gasteiger partial charge in [-0.05, 0) is 55.9 Å². The standard InChI is InChI=1S/C20H28N2O4/c1-22(14-17-5-2-3-11-26-17)20(24)6-4-12-25-16-8-9-18-15(13-16)7-10-19(23)21-18/h8-9,13,17H,2-7,10-12,14H2,1H3,(H,21,23). The number of hydrogen-bond acceptors (Lipinski definition) is 4. The number of amides is 2. The quantitative estimate of drug-likeness (QED) is 0.759. The lowest BCUT2D eigenvalue weighted by Crippen LogP contribution is -2.37. The van der Waals surface area contributed by atoms with E-state index < -0.39 is 0 Å². The van der Waals surface area contributed by atoms with Gasteiger partial charge in [0.1, 0.15) is 5.75 Å². The van der Waals surface area contributed by atoms with Crippen molar-refractivity contribution < 1.29 is 19.1 Å². The molecule has 1 aromatic rings. The normalized spacial score (nSPS) is 19.4. The van der Waals surface area contributed by atoms with E-state index in [2.05, 4.69) is 5.32 Å². The van der Waals surface area contributed by atoms with Crippen LogP contribution in [0.15, 0.2) is 18.2 Å². The third-order valence-electron chi connectivity index (χ3n) is 4.95. The molecule has 2 amide bonds. The SMILES string of the molecule is CN(CC1CCCCO1)C(=O)CCCOc1ccc2c(c1)CCC(=O)N2. The minimum absolute atomic E-state index is 0.0624. The second kappa shape index (κ2) is 9.03. The number of carbonyl (C=O) groups is 2. The van der Waals surface area contributed by atoms with Gasteiger partial charge in [-0.15, -0.1) is 0 Å². The van der Waals surface area contributed by atoms with E-state index in [-0.39, 0.29) is 17.9 Å². The lowest BCUT2D eigenvalue weighted by Gasteiger charge is -2.27. The van der Waals surface area contributed by atoms with E-state index >= 15 is 0 Å². The molecule has 0 radical (unpaired) electrons. The summed E-state index contributed by atoms with van der Waals surface area (Å²) in [6, 6.07) is 5.72. The number of hydrogen-bond donors (Lipinski definition) is 1. The molecular weight excluding hydrogens is 332 g/mol. The van der Waals surface area contributed by atoms with Crippen molar-refractivity contribution in [1.29, 1.82) is 0 Å². The van der Waals surface area contributed by atoms with Crippen LogP contribution in [0.1, 0.15) is 44.1 Å². The van der Waals surface area contributed by atoms with Gasteiger partial charge in [-0.3, -0.25) is 9.59 Å². The molecule has 6 heteroatoms. The maximum atomic E-state index is 12.2. The van der Waals surface area contributed by atoms with Crippen LogP contribution in [-0.2, 0) is 20.7 Å². The van der Waals surface area contributed by atoms with Gasteiger partial charge in [0.05, 0.1) is 12.7 Å². The number of fused-ring (bicyclic) bond motifs is 1. The zero-order valence-corrected chi connectivity index (χ0v) is 15.5. The molecule has 2 aliphatic rings. The van der Waals surface area contributed by atoms with Crippen LogP contribution in [0.4, 0.5) is 5.69 Å². The van der Waals surface area contributed by atoms with Gasteiger partial charge in [-0.25, -0.2) is 0 Å². The molecule has 0 aromatic heterocycles. The minimum Gasteiger partial charge on any atom is -0.494 e. The Labute approximate surface area is 154 Å². The van der Waals surface area contributed by atoms with E-state index in [0.717, 1.165) is 42.9 Å². The molecule has 3 rings (SSSR count). The first-order valence-electron chi connectivity index (χ1n) is 9.53. The molecule has 26 heavy (non-hydrogen) atoms. The second-order valence-corrected chi connectivity index (χ2v) is 7.08. The van der Waals surface area contributed by atoms with E-state index in [1.54, 1.807) is 4.90 Å². The smallest absolute Gasteiger partial charge is 0.224 e. The molecule has 142 valence electrons. The summed E-state index contributed by atoms with van der Waals surface area (Å²) in [5.41, 5.74) is 1.97. The molecule has 1 aromatic carbocycles. The van der Waals surface area contributed by atoms with Crippen LogP contribution in [0.5, 0.6) is 5.75 Å². The van der Waals surface area contributed by atoms with Crippen molar-refractivity contribution in [2.24, 2.45) is 0 Å². The number of carbonyl (C=O) groups excluding carboxylic acids is 2. The Balaban J connectivity index is 1.37. The van der Waals surface area contributed by atoms with Crippen molar-refractivity contribution in [2.45, 2.75) is 51.0 Å². The predicted octanol–water partition coefficient (Wildman–Crippen LogP) is 2.76. The van der Waals surface area contributed by atoms with Crippen LogP contribution in [-0.4, -0.2) is 49.6 Å². The van der Waals surface area contributed by atoms with Crippen LogP contribution in [0, 0.1) is 0 Å². The van der Waals surface area contributed by atoms with E-state index in [1.165, 1.54) is 6.42 Å². The average Bonchev–Trinajstić information content (AvgIpc) is 2.65. The Morgan fingerprint density at radius 3 is 3.04 bits per heavy atom. The molecule has 1 saturated heterocycles. The first kappa shape index (κ1) is 18.7. The summed E-state index contributed by atoms with van der Waals surface area (Å²) in [5.74, 6) is 0.986. The van der Waals surface area contributed by atoms with Gasteiger partial charge in [0, 0.05) is 38.7 Å². The first-order chi connectivity index (χ1) is 12.6. The summed E-state index contributed by atoms with van der Waals surface area (Å²) in [7, 11) is 1.85. The fourth-order valence-electron chi connectivity index (χ4n) is 3.41. The highest BCUT2D eigenvalue weighted by molar-refractivity contribution is 5.94. The van der Waals surface area contributed by atoms with Gasteiger partial charge in [0.15, 0.2) is 0 Å². The van der Waals surface area contributed by atoms with Crippen molar-refractivity contribution in [2.75, 3.05) is 32.1 Å². The summed E-state index contributed by atoms with van der Waals surface area (Å²) >= 11 is 0. The molecular formula is C20H28N2O4. The maximum absolute atomic E-state index is 12.2. The zero-order valence-electron chi connectivity index (χ0n) is 15.5. The number of benzene rings is 1. The van der Waals surface area contributed by atoms with E-state index in [0.29, 0.717) is 32.4 Å². The van der Waals surface area contributed by atoms with Crippen molar-refractivity contribution in [3.05, 3.63) is 23.8 Å². The molecule has 2 heterocycles. The number of rotatable bonds is 7. The number of likely N-dealkylation sites (N-methyl/N-ethyl adjacent to an activating group) is 1. The number of ether oxygens (including phenoxy) is 2. The molecule has 0 spiro atoms. The fourth-order valence-corrected chi connectivity index (χ4v) is 3.41. The molecule has 1 N–H and O–H groups in total. The minimum atomic E-state index is 0.0624. The van der Waals surface area contributed by atoms with Gasteiger partial charge in [0.2, 0.25) is 11.8 Å². The Bertz CT molecular complexity index is 641.